The number of nitrogens with zero attached hydrogens (tertiary/aromatic N) is 3. The number of fused-ring (bicyclic) bond motifs is 1. The van der Waals surface area contributed by atoms with Crippen molar-refractivity contribution < 1.29 is 19.0 Å². The Bertz CT molecular complexity index is 833. The molecular formula is C20H26FN3O3. The molecule has 0 bridgehead atoms. The highest BCUT2D eigenvalue weighted by Crippen LogP contribution is 2.33. The van der Waals surface area contributed by atoms with Crippen molar-refractivity contribution in [2.75, 3.05) is 44.2 Å². The summed E-state index contributed by atoms with van der Waals surface area (Å²) in [6, 6.07) is 2.89. The van der Waals surface area contributed by atoms with Gasteiger partial charge in [0.2, 0.25) is 0 Å². The number of piperazine rings is 1. The molecule has 0 aliphatic carbocycles. The maximum Gasteiger partial charge on any atom is 0.341 e. The highest BCUT2D eigenvalue weighted by molar-refractivity contribution is 6.06. The van der Waals surface area contributed by atoms with Gasteiger partial charge in [-0.1, -0.05) is 0 Å². The Labute approximate surface area is 158 Å². The van der Waals surface area contributed by atoms with E-state index in [1.54, 1.807) is 13.8 Å². The van der Waals surface area contributed by atoms with Crippen LogP contribution < -0.4 is 4.90 Å². The predicted molar refractivity (Wildman–Crippen MR) is 103 cm³/mol. The number of esters is 1. The zero-order valence-corrected chi connectivity index (χ0v) is 16.0. The van der Waals surface area contributed by atoms with E-state index in [-0.39, 0.29) is 18.5 Å². The molecule has 1 fully saturated rings. The summed E-state index contributed by atoms with van der Waals surface area (Å²) < 4.78 is 19.3. The number of aromatic nitrogens is 1. The van der Waals surface area contributed by atoms with Crippen molar-refractivity contribution in [2.24, 2.45) is 0 Å². The number of aliphatic hydroxyl groups excluding tert-OH is 1. The maximum absolute atomic E-state index is 14.1. The second-order valence-electron chi connectivity index (χ2n) is 7.00. The maximum atomic E-state index is 14.1. The van der Waals surface area contributed by atoms with Crippen LogP contribution in [0.15, 0.2) is 18.3 Å². The Morgan fingerprint density at radius 1 is 1.33 bits per heavy atom. The third kappa shape index (κ3) is 4.20. The van der Waals surface area contributed by atoms with Crippen molar-refractivity contribution >= 4 is 22.6 Å². The molecule has 27 heavy (non-hydrogen) atoms. The molecule has 0 radical (unpaired) electrons. The first-order valence-electron chi connectivity index (χ1n) is 9.32. The number of carbonyl (C=O) groups excluding carboxylic acids is 1. The van der Waals surface area contributed by atoms with Gasteiger partial charge >= 0.3 is 5.97 Å². The number of pyridine rings is 1. The second-order valence-corrected chi connectivity index (χ2v) is 7.00. The van der Waals surface area contributed by atoms with E-state index in [0.717, 1.165) is 18.7 Å². The number of hydrogen-bond donors (Lipinski definition) is 1. The molecule has 1 saturated heterocycles. The Kier molecular flexibility index (Phi) is 5.92. The molecule has 1 aliphatic rings. The summed E-state index contributed by atoms with van der Waals surface area (Å²) in [5.41, 5.74) is 2.45. The lowest BCUT2D eigenvalue weighted by molar-refractivity contribution is 0.0526. The van der Waals surface area contributed by atoms with Crippen LogP contribution in [0.2, 0.25) is 0 Å². The number of benzene rings is 1. The fraction of sp³-hybridized carbons (Fsp3) is 0.500. The number of β-amino-alcohol motifs (C(OH)–C–C–N with tert-alkyl or cyclic N) is 1. The number of carbonyl (C=O) groups is 1. The first-order chi connectivity index (χ1) is 12.9. The molecular weight excluding hydrogens is 349 g/mol. The first-order valence-corrected chi connectivity index (χ1v) is 9.32. The molecule has 2 heterocycles. The normalized spacial score (nSPS) is 16.6. The third-order valence-electron chi connectivity index (χ3n) is 4.80. The molecule has 1 aromatic heterocycles. The van der Waals surface area contributed by atoms with Crippen LogP contribution in [0.1, 0.15) is 29.8 Å². The Balaban J connectivity index is 2.03. The van der Waals surface area contributed by atoms with Crippen LogP contribution in [0.25, 0.3) is 10.9 Å². The highest BCUT2D eigenvalue weighted by atomic mass is 19.1. The predicted octanol–water partition coefficient (Wildman–Crippen LogP) is 2.36. The Hall–Kier alpha value is -2.25. The lowest BCUT2D eigenvalue weighted by atomic mass is 10.0. The molecule has 3 rings (SSSR count). The van der Waals surface area contributed by atoms with Crippen LogP contribution in [0, 0.1) is 12.7 Å². The van der Waals surface area contributed by atoms with Gasteiger partial charge in [-0.25, -0.2) is 9.18 Å². The smallest absolute Gasteiger partial charge is 0.341 e. The van der Waals surface area contributed by atoms with Crippen LogP contribution in [0.3, 0.4) is 0 Å². The average molecular weight is 375 g/mol. The van der Waals surface area contributed by atoms with Crippen LogP contribution >= 0.6 is 0 Å². The molecule has 1 aliphatic heterocycles. The van der Waals surface area contributed by atoms with Crippen LogP contribution in [0.5, 0.6) is 0 Å². The van der Waals surface area contributed by atoms with Crippen molar-refractivity contribution in [2.45, 2.75) is 26.9 Å². The average Bonchev–Trinajstić information content (AvgIpc) is 2.61. The van der Waals surface area contributed by atoms with E-state index in [1.807, 2.05) is 6.92 Å². The fourth-order valence-electron chi connectivity index (χ4n) is 3.65. The minimum atomic E-state index is -0.449. The van der Waals surface area contributed by atoms with Crippen LogP contribution in [-0.4, -0.2) is 66.4 Å². The molecule has 0 spiro atoms. The number of anilines is 1. The van der Waals surface area contributed by atoms with E-state index >= 15 is 0 Å². The number of halogens is 1. The molecule has 0 saturated carbocycles. The third-order valence-corrected chi connectivity index (χ3v) is 4.80. The largest absolute Gasteiger partial charge is 0.462 e. The molecule has 0 amide bonds. The molecule has 1 aromatic carbocycles. The summed E-state index contributed by atoms with van der Waals surface area (Å²) in [5.74, 6) is -0.799. The second kappa shape index (κ2) is 8.19. The summed E-state index contributed by atoms with van der Waals surface area (Å²) in [4.78, 5) is 21.2. The van der Waals surface area contributed by atoms with E-state index in [9.17, 15) is 14.3 Å². The van der Waals surface area contributed by atoms with E-state index < -0.39 is 5.97 Å². The number of rotatable bonds is 5. The Morgan fingerprint density at radius 2 is 2.04 bits per heavy atom. The first kappa shape index (κ1) is 19.5. The molecule has 7 heteroatoms. The quantitative estimate of drug-likeness (QED) is 0.810. The van der Waals surface area contributed by atoms with E-state index in [0.29, 0.717) is 41.8 Å². The van der Waals surface area contributed by atoms with Gasteiger partial charge in [0.15, 0.2) is 0 Å². The molecule has 2 aromatic rings. The SMILES string of the molecule is CCOC(=O)c1cnc2c(C)cc(F)cc2c1N1CCN(C[C@@H](C)O)CC1. The van der Waals surface area contributed by atoms with Crippen LogP contribution in [-0.2, 0) is 4.74 Å². The van der Waals surface area contributed by atoms with Crippen LogP contribution in [0.4, 0.5) is 10.1 Å². The summed E-state index contributed by atoms with van der Waals surface area (Å²) in [6.07, 6.45) is 1.15. The van der Waals surface area contributed by atoms with Gasteiger partial charge in [0.25, 0.3) is 0 Å². The van der Waals surface area contributed by atoms with Crippen molar-refractivity contribution in [3.8, 4) is 0 Å². The standard InChI is InChI=1S/C20H26FN3O3/c1-4-27-20(26)17-11-22-18-13(2)9-15(21)10-16(18)19(17)24-7-5-23(6-8-24)12-14(3)25/h9-11,14,25H,4-8,12H2,1-3H3/t14-/m1/s1. The van der Waals surface area contributed by atoms with Gasteiger partial charge in [-0.05, 0) is 38.5 Å². The van der Waals surface area contributed by atoms with Gasteiger partial charge in [0.05, 0.1) is 23.9 Å². The molecule has 1 atom stereocenters. The number of aliphatic hydroxyl groups is 1. The van der Waals surface area contributed by atoms with Crippen molar-refractivity contribution in [1.29, 1.82) is 0 Å². The number of aryl methyl sites for hydroxylation is 1. The lowest BCUT2D eigenvalue weighted by Crippen LogP contribution is -2.48. The van der Waals surface area contributed by atoms with E-state index in [2.05, 4.69) is 14.8 Å². The Morgan fingerprint density at radius 3 is 2.67 bits per heavy atom. The minimum Gasteiger partial charge on any atom is -0.462 e. The highest BCUT2D eigenvalue weighted by Gasteiger charge is 2.26. The lowest BCUT2D eigenvalue weighted by Gasteiger charge is -2.37. The molecule has 0 unspecified atom stereocenters. The van der Waals surface area contributed by atoms with Gasteiger partial charge in [0.1, 0.15) is 11.4 Å². The van der Waals surface area contributed by atoms with Gasteiger partial charge in [-0.3, -0.25) is 9.88 Å². The summed E-state index contributed by atoms with van der Waals surface area (Å²) in [6.45, 7) is 9.08. The van der Waals surface area contributed by atoms with E-state index in [4.69, 9.17) is 4.74 Å². The van der Waals surface area contributed by atoms with Crippen molar-refractivity contribution in [1.82, 2.24) is 9.88 Å². The minimum absolute atomic E-state index is 0.265. The number of ether oxygens (including phenoxy) is 1. The summed E-state index contributed by atoms with van der Waals surface area (Å²) >= 11 is 0. The van der Waals surface area contributed by atoms with E-state index in [1.165, 1.54) is 18.3 Å². The zero-order valence-electron chi connectivity index (χ0n) is 16.0. The van der Waals surface area contributed by atoms with Crippen molar-refractivity contribution in [3.05, 3.63) is 35.3 Å². The molecule has 1 N–H and O–H groups in total. The monoisotopic (exact) mass is 375 g/mol. The van der Waals surface area contributed by atoms with Gasteiger partial charge in [0, 0.05) is 44.3 Å². The van der Waals surface area contributed by atoms with Gasteiger partial charge < -0.3 is 14.7 Å². The molecule has 146 valence electrons. The summed E-state index contributed by atoms with van der Waals surface area (Å²) in [5, 5.41) is 10.2. The summed E-state index contributed by atoms with van der Waals surface area (Å²) in [7, 11) is 0. The fourth-order valence-corrected chi connectivity index (χ4v) is 3.65. The zero-order chi connectivity index (χ0) is 19.6. The van der Waals surface area contributed by atoms with Crippen molar-refractivity contribution in [3.63, 3.8) is 0 Å². The van der Waals surface area contributed by atoms with Gasteiger partial charge in [-0.15, -0.1) is 0 Å². The number of hydrogen-bond acceptors (Lipinski definition) is 6. The van der Waals surface area contributed by atoms with Gasteiger partial charge in [-0.2, -0.15) is 0 Å². The molecule has 6 nitrogen and oxygen atoms in total. The topological polar surface area (TPSA) is 65.9 Å².